The molecule has 1 aromatic heterocycles. The van der Waals surface area contributed by atoms with Gasteiger partial charge in [-0.2, -0.15) is 0 Å². The first kappa shape index (κ1) is 19.5. The van der Waals surface area contributed by atoms with Gasteiger partial charge in [0.1, 0.15) is 12.4 Å². The van der Waals surface area contributed by atoms with Crippen molar-refractivity contribution in [2.75, 3.05) is 25.5 Å². The van der Waals surface area contributed by atoms with E-state index >= 15 is 0 Å². The Morgan fingerprint density at radius 2 is 1.79 bits per heavy atom. The number of ether oxygens (including phenoxy) is 1. The van der Waals surface area contributed by atoms with Gasteiger partial charge in [0.15, 0.2) is 5.76 Å². The van der Waals surface area contributed by atoms with Gasteiger partial charge in [0, 0.05) is 31.9 Å². The lowest BCUT2D eigenvalue weighted by molar-refractivity contribution is 0.0922. The average Bonchev–Trinajstić information content (AvgIpc) is 3.19. The summed E-state index contributed by atoms with van der Waals surface area (Å²) in [6.07, 6.45) is 3.30. The first-order valence-corrected chi connectivity index (χ1v) is 9.42. The number of furan rings is 1. The van der Waals surface area contributed by atoms with Gasteiger partial charge in [-0.05, 0) is 48.7 Å². The number of para-hydroxylation sites is 1. The van der Waals surface area contributed by atoms with Crippen LogP contribution >= 0.6 is 0 Å². The van der Waals surface area contributed by atoms with Crippen molar-refractivity contribution in [1.82, 2.24) is 5.32 Å². The zero-order chi connectivity index (χ0) is 19.8. The SMILES string of the molecule is CN(C)c1ccc(CCCNC(=O)c2occc2COc2ccccc2)cc1. The van der Waals surface area contributed by atoms with Gasteiger partial charge < -0.3 is 19.4 Å². The molecule has 3 rings (SSSR count). The van der Waals surface area contributed by atoms with Gasteiger partial charge in [0.05, 0.1) is 6.26 Å². The van der Waals surface area contributed by atoms with Crippen LogP contribution in [0.25, 0.3) is 0 Å². The third kappa shape index (κ3) is 5.39. The maximum Gasteiger partial charge on any atom is 0.287 e. The van der Waals surface area contributed by atoms with Gasteiger partial charge in [0.25, 0.3) is 5.91 Å². The van der Waals surface area contributed by atoms with Crippen molar-refractivity contribution < 1.29 is 13.9 Å². The largest absolute Gasteiger partial charge is 0.489 e. The second-order valence-electron chi connectivity index (χ2n) is 6.80. The standard InChI is InChI=1S/C23H26N2O3/c1-25(2)20-12-10-18(11-13-20)7-6-15-24-23(26)22-19(14-16-27-22)17-28-21-8-4-3-5-9-21/h3-5,8-14,16H,6-7,15,17H2,1-2H3,(H,24,26). The maximum absolute atomic E-state index is 12.4. The minimum atomic E-state index is -0.209. The molecule has 0 fully saturated rings. The molecule has 0 atom stereocenters. The van der Waals surface area contributed by atoms with Crippen LogP contribution in [-0.4, -0.2) is 26.5 Å². The van der Waals surface area contributed by atoms with Crippen LogP contribution in [0.3, 0.4) is 0 Å². The lowest BCUT2D eigenvalue weighted by Gasteiger charge is -2.12. The average molecular weight is 378 g/mol. The van der Waals surface area contributed by atoms with Crippen LogP contribution in [0.15, 0.2) is 71.3 Å². The highest BCUT2D eigenvalue weighted by atomic mass is 16.5. The fourth-order valence-electron chi connectivity index (χ4n) is 2.86. The van der Waals surface area contributed by atoms with Crippen molar-refractivity contribution in [3.63, 3.8) is 0 Å². The highest BCUT2D eigenvalue weighted by Crippen LogP contribution is 2.16. The van der Waals surface area contributed by atoms with Gasteiger partial charge >= 0.3 is 0 Å². The number of carbonyl (C=O) groups is 1. The number of hydrogen-bond donors (Lipinski definition) is 1. The topological polar surface area (TPSA) is 54.7 Å². The van der Waals surface area contributed by atoms with E-state index in [2.05, 4.69) is 34.5 Å². The van der Waals surface area contributed by atoms with E-state index in [-0.39, 0.29) is 5.91 Å². The number of aryl methyl sites for hydroxylation is 1. The van der Waals surface area contributed by atoms with Crippen LogP contribution < -0.4 is 15.0 Å². The Hall–Kier alpha value is -3.21. The van der Waals surface area contributed by atoms with Gasteiger partial charge in [-0.15, -0.1) is 0 Å². The summed E-state index contributed by atoms with van der Waals surface area (Å²) in [5, 5.41) is 2.93. The van der Waals surface area contributed by atoms with Gasteiger partial charge in [-0.25, -0.2) is 0 Å². The van der Waals surface area contributed by atoms with Crippen LogP contribution in [-0.2, 0) is 13.0 Å². The normalized spacial score (nSPS) is 10.5. The van der Waals surface area contributed by atoms with E-state index in [1.807, 2.05) is 44.4 Å². The molecule has 1 amide bonds. The van der Waals surface area contributed by atoms with Crippen LogP contribution in [0.1, 0.15) is 28.1 Å². The molecule has 0 aliphatic rings. The summed E-state index contributed by atoms with van der Waals surface area (Å²) in [7, 11) is 4.05. The smallest absolute Gasteiger partial charge is 0.287 e. The third-order valence-electron chi connectivity index (χ3n) is 4.47. The minimum Gasteiger partial charge on any atom is -0.489 e. The maximum atomic E-state index is 12.4. The zero-order valence-corrected chi connectivity index (χ0v) is 16.4. The van der Waals surface area contributed by atoms with E-state index in [0.717, 1.165) is 24.2 Å². The molecule has 3 aromatic rings. The minimum absolute atomic E-state index is 0.209. The molecule has 2 aromatic carbocycles. The molecule has 146 valence electrons. The summed E-state index contributed by atoms with van der Waals surface area (Å²) < 4.78 is 11.1. The van der Waals surface area contributed by atoms with Crippen LogP contribution in [0.5, 0.6) is 5.75 Å². The lowest BCUT2D eigenvalue weighted by Crippen LogP contribution is -2.25. The van der Waals surface area contributed by atoms with Gasteiger partial charge in [-0.3, -0.25) is 4.79 Å². The number of amides is 1. The summed E-state index contributed by atoms with van der Waals surface area (Å²) in [4.78, 5) is 14.5. The fourth-order valence-corrected chi connectivity index (χ4v) is 2.86. The fraction of sp³-hybridized carbons (Fsp3) is 0.261. The van der Waals surface area contributed by atoms with E-state index in [9.17, 15) is 4.79 Å². The lowest BCUT2D eigenvalue weighted by atomic mass is 10.1. The van der Waals surface area contributed by atoms with Crippen molar-refractivity contribution in [3.8, 4) is 5.75 Å². The summed E-state index contributed by atoms with van der Waals surface area (Å²) >= 11 is 0. The highest BCUT2D eigenvalue weighted by Gasteiger charge is 2.15. The predicted octanol–water partition coefficient (Wildman–Crippen LogP) is 4.29. The molecular formula is C23H26N2O3. The molecule has 5 nitrogen and oxygen atoms in total. The number of hydrogen-bond acceptors (Lipinski definition) is 4. The molecule has 0 radical (unpaired) electrons. The molecule has 1 N–H and O–H groups in total. The molecule has 5 heteroatoms. The van der Waals surface area contributed by atoms with Crippen LogP contribution in [0.4, 0.5) is 5.69 Å². The molecule has 0 unspecified atom stereocenters. The van der Waals surface area contributed by atoms with E-state index in [4.69, 9.17) is 9.15 Å². The van der Waals surface area contributed by atoms with Crippen LogP contribution in [0.2, 0.25) is 0 Å². The Labute approximate surface area is 165 Å². The Bertz CT molecular complexity index is 870. The summed E-state index contributed by atoms with van der Waals surface area (Å²) in [6, 6.07) is 19.7. The van der Waals surface area contributed by atoms with Crippen molar-refractivity contribution >= 4 is 11.6 Å². The quantitative estimate of drug-likeness (QED) is 0.565. The Morgan fingerprint density at radius 1 is 1.04 bits per heavy atom. The Morgan fingerprint density at radius 3 is 2.50 bits per heavy atom. The third-order valence-corrected chi connectivity index (χ3v) is 4.47. The van der Waals surface area contributed by atoms with E-state index in [1.54, 1.807) is 6.07 Å². The molecule has 0 saturated carbocycles. The molecule has 0 aliphatic carbocycles. The molecular weight excluding hydrogens is 352 g/mol. The number of nitrogens with zero attached hydrogens (tertiary/aromatic N) is 1. The van der Waals surface area contributed by atoms with E-state index in [0.29, 0.717) is 18.9 Å². The first-order chi connectivity index (χ1) is 13.6. The highest BCUT2D eigenvalue weighted by molar-refractivity contribution is 5.92. The second-order valence-corrected chi connectivity index (χ2v) is 6.80. The molecule has 1 heterocycles. The molecule has 0 saturated heterocycles. The number of rotatable bonds is 9. The number of carbonyl (C=O) groups excluding carboxylic acids is 1. The Kier molecular flexibility index (Phi) is 6.73. The van der Waals surface area contributed by atoms with Crippen LogP contribution in [0, 0.1) is 0 Å². The number of anilines is 1. The molecule has 0 aliphatic heterocycles. The summed E-state index contributed by atoms with van der Waals surface area (Å²) in [5.41, 5.74) is 3.18. The molecule has 0 bridgehead atoms. The predicted molar refractivity (Wildman–Crippen MR) is 111 cm³/mol. The van der Waals surface area contributed by atoms with Gasteiger partial charge in [0.2, 0.25) is 0 Å². The number of benzene rings is 2. The van der Waals surface area contributed by atoms with Crippen molar-refractivity contribution in [2.45, 2.75) is 19.4 Å². The first-order valence-electron chi connectivity index (χ1n) is 9.42. The molecule has 28 heavy (non-hydrogen) atoms. The van der Waals surface area contributed by atoms with E-state index in [1.165, 1.54) is 17.5 Å². The van der Waals surface area contributed by atoms with Crippen molar-refractivity contribution in [1.29, 1.82) is 0 Å². The Balaban J connectivity index is 1.44. The monoisotopic (exact) mass is 378 g/mol. The van der Waals surface area contributed by atoms with Crippen molar-refractivity contribution in [2.24, 2.45) is 0 Å². The van der Waals surface area contributed by atoms with Gasteiger partial charge in [-0.1, -0.05) is 30.3 Å². The summed E-state index contributed by atoms with van der Waals surface area (Å²) in [5.74, 6) is 0.862. The second kappa shape index (κ2) is 9.65. The van der Waals surface area contributed by atoms with Crippen molar-refractivity contribution in [3.05, 3.63) is 83.8 Å². The number of nitrogens with one attached hydrogen (secondary N) is 1. The zero-order valence-electron chi connectivity index (χ0n) is 16.4. The molecule has 0 spiro atoms. The van der Waals surface area contributed by atoms with E-state index < -0.39 is 0 Å². The summed E-state index contributed by atoms with van der Waals surface area (Å²) in [6.45, 7) is 0.884.